The molecule has 0 fully saturated rings. The summed E-state index contributed by atoms with van der Waals surface area (Å²) < 4.78 is 10.2. The molecule has 0 aliphatic rings. The second-order valence-electron chi connectivity index (χ2n) is 4.01. The highest BCUT2D eigenvalue weighted by Gasteiger charge is 2.07. The Morgan fingerprint density at radius 2 is 1.94 bits per heavy atom. The van der Waals surface area contributed by atoms with Crippen LogP contribution in [0.3, 0.4) is 0 Å². The molecule has 1 N–H and O–H groups in total. The lowest BCUT2D eigenvalue weighted by Gasteiger charge is -2.24. The Balaban J connectivity index is 2.66. The zero-order chi connectivity index (χ0) is 13.2. The number of anilines is 2. The van der Waals surface area contributed by atoms with E-state index in [0.29, 0.717) is 6.61 Å². The molecule has 102 valence electrons. The van der Waals surface area contributed by atoms with Crippen molar-refractivity contribution in [3.63, 3.8) is 0 Å². The topological polar surface area (TPSA) is 46.6 Å². The summed E-state index contributed by atoms with van der Waals surface area (Å²) in [7, 11) is 5.34. The number of ether oxygens (including phenoxy) is 2. The fourth-order valence-electron chi connectivity index (χ4n) is 1.71. The van der Waals surface area contributed by atoms with Gasteiger partial charge in [0.2, 0.25) is 0 Å². The van der Waals surface area contributed by atoms with E-state index in [2.05, 4.69) is 21.3 Å². The molecule has 0 amide bonds. The Labute approximate surface area is 109 Å². The SMILES string of the molecule is CNc1cncc(N(CCCOC)CCOC)c1. The molecule has 1 rings (SSSR count). The molecule has 0 saturated heterocycles. The standard InChI is InChI=1S/C13H23N3O2/c1-14-12-9-13(11-15-10-12)16(6-8-18-3)5-4-7-17-2/h9-11,14H,4-8H2,1-3H3. The second kappa shape index (κ2) is 8.72. The predicted octanol–water partition coefficient (Wildman–Crippen LogP) is 1.61. The van der Waals surface area contributed by atoms with E-state index in [4.69, 9.17) is 9.47 Å². The van der Waals surface area contributed by atoms with Gasteiger partial charge in [0.1, 0.15) is 0 Å². The van der Waals surface area contributed by atoms with Gasteiger partial charge in [-0.1, -0.05) is 0 Å². The molecule has 0 unspecified atom stereocenters. The molecule has 0 aromatic carbocycles. The van der Waals surface area contributed by atoms with Crippen LogP contribution in [-0.4, -0.2) is 52.6 Å². The van der Waals surface area contributed by atoms with E-state index in [1.54, 1.807) is 14.2 Å². The maximum atomic E-state index is 5.15. The Hall–Kier alpha value is -1.33. The van der Waals surface area contributed by atoms with Crippen molar-refractivity contribution in [3.05, 3.63) is 18.5 Å². The third kappa shape index (κ3) is 4.89. The fourth-order valence-corrected chi connectivity index (χ4v) is 1.71. The van der Waals surface area contributed by atoms with E-state index in [1.165, 1.54) is 0 Å². The molecule has 5 heteroatoms. The maximum absolute atomic E-state index is 5.15. The van der Waals surface area contributed by atoms with E-state index < -0.39 is 0 Å². The molecule has 1 heterocycles. The van der Waals surface area contributed by atoms with Crippen molar-refractivity contribution in [2.24, 2.45) is 0 Å². The third-order valence-electron chi connectivity index (χ3n) is 2.72. The Bertz CT molecular complexity index is 334. The van der Waals surface area contributed by atoms with Gasteiger partial charge in [0.15, 0.2) is 0 Å². The van der Waals surface area contributed by atoms with E-state index in [1.807, 2.05) is 19.4 Å². The summed E-state index contributed by atoms with van der Waals surface area (Å²) in [6.07, 6.45) is 4.68. The molecule has 1 aromatic rings. The van der Waals surface area contributed by atoms with Crippen molar-refractivity contribution in [2.75, 3.05) is 57.8 Å². The molecule has 0 saturated carbocycles. The van der Waals surface area contributed by atoms with Gasteiger partial charge in [-0.15, -0.1) is 0 Å². The molecule has 18 heavy (non-hydrogen) atoms. The van der Waals surface area contributed by atoms with Crippen LogP contribution in [0.25, 0.3) is 0 Å². The number of nitrogens with one attached hydrogen (secondary N) is 1. The van der Waals surface area contributed by atoms with E-state index >= 15 is 0 Å². The van der Waals surface area contributed by atoms with Crippen LogP contribution in [0.15, 0.2) is 18.5 Å². The van der Waals surface area contributed by atoms with Crippen molar-refractivity contribution in [1.29, 1.82) is 0 Å². The summed E-state index contributed by atoms with van der Waals surface area (Å²) in [5, 5.41) is 3.10. The monoisotopic (exact) mass is 253 g/mol. The first kappa shape index (κ1) is 14.7. The van der Waals surface area contributed by atoms with E-state index in [0.717, 1.165) is 37.5 Å². The molecule has 0 aliphatic heterocycles. The van der Waals surface area contributed by atoms with Gasteiger partial charge in [-0.2, -0.15) is 0 Å². The first-order valence-electron chi connectivity index (χ1n) is 6.17. The lowest BCUT2D eigenvalue weighted by Crippen LogP contribution is -2.29. The average Bonchev–Trinajstić information content (AvgIpc) is 2.42. The van der Waals surface area contributed by atoms with Crippen LogP contribution in [0.5, 0.6) is 0 Å². The highest BCUT2D eigenvalue weighted by Crippen LogP contribution is 2.17. The third-order valence-corrected chi connectivity index (χ3v) is 2.72. The lowest BCUT2D eigenvalue weighted by atomic mass is 10.3. The first-order chi connectivity index (χ1) is 8.81. The summed E-state index contributed by atoms with van der Waals surface area (Å²) in [5.74, 6) is 0. The van der Waals surface area contributed by atoms with Crippen LogP contribution in [-0.2, 0) is 9.47 Å². The molecule has 0 bridgehead atoms. The number of rotatable bonds is 9. The number of pyridine rings is 1. The average molecular weight is 253 g/mol. The van der Waals surface area contributed by atoms with Gasteiger partial charge < -0.3 is 19.7 Å². The normalized spacial score (nSPS) is 10.4. The molecular weight excluding hydrogens is 230 g/mol. The van der Waals surface area contributed by atoms with Gasteiger partial charge in [0.25, 0.3) is 0 Å². The van der Waals surface area contributed by atoms with Crippen LogP contribution in [0.2, 0.25) is 0 Å². The fraction of sp³-hybridized carbons (Fsp3) is 0.615. The Kier molecular flexibility index (Phi) is 7.13. The van der Waals surface area contributed by atoms with Crippen LogP contribution >= 0.6 is 0 Å². The molecule has 0 spiro atoms. The molecule has 5 nitrogen and oxygen atoms in total. The number of nitrogens with zero attached hydrogens (tertiary/aromatic N) is 2. The molecule has 1 aromatic heterocycles. The summed E-state index contributed by atoms with van der Waals surface area (Å²) in [6, 6.07) is 2.09. The van der Waals surface area contributed by atoms with Crippen molar-refractivity contribution in [2.45, 2.75) is 6.42 Å². The van der Waals surface area contributed by atoms with Gasteiger partial charge in [-0.05, 0) is 12.5 Å². The summed E-state index contributed by atoms with van der Waals surface area (Å²) in [4.78, 5) is 6.50. The number of aromatic nitrogens is 1. The van der Waals surface area contributed by atoms with Crippen LogP contribution in [0.1, 0.15) is 6.42 Å². The van der Waals surface area contributed by atoms with Crippen LogP contribution < -0.4 is 10.2 Å². The highest BCUT2D eigenvalue weighted by molar-refractivity contribution is 5.55. The minimum atomic E-state index is 0.705. The zero-order valence-corrected chi connectivity index (χ0v) is 11.5. The Morgan fingerprint density at radius 3 is 2.61 bits per heavy atom. The zero-order valence-electron chi connectivity index (χ0n) is 11.5. The van der Waals surface area contributed by atoms with Gasteiger partial charge in [-0.25, -0.2) is 0 Å². The van der Waals surface area contributed by atoms with Crippen LogP contribution in [0.4, 0.5) is 11.4 Å². The van der Waals surface area contributed by atoms with Gasteiger partial charge in [-0.3, -0.25) is 4.98 Å². The maximum Gasteiger partial charge on any atom is 0.0637 e. The van der Waals surface area contributed by atoms with Crippen molar-refractivity contribution in [3.8, 4) is 0 Å². The van der Waals surface area contributed by atoms with Crippen molar-refractivity contribution in [1.82, 2.24) is 4.98 Å². The van der Waals surface area contributed by atoms with Crippen LogP contribution in [0, 0.1) is 0 Å². The summed E-state index contributed by atoms with van der Waals surface area (Å²) >= 11 is 0. The van der Waals surface area contributed by atoms with Crippen molar-refractivity contribution >= 4 is 11.4 Å². The van der Waals surface area contributed by atoms with Crippen molar-refractivity contribution < 1.29 is 9.47 Å². The van der Waals surface area contributed by atoms with Gasteiger partial charge >= 0.3 is 0 Å². The smallest absolute Gasteiger partial charge is 0.0637 e. The van der Waals surface area contributed by atoms with E-state index in [-0.39, 0.29) is 0 Å². The minimum Gasteiger partial charge on any atom is -0.387 e. The number of hydrogen-bond donors (Lipinski definition) is 1. The lowest BCUT2D eigenvalue weighted by molar-refractivity contribution is 0.191. The minimum absolute atomic E-state index is 0.705. The number of methoxy groups -OCH3 is 2. The predicted molar refractivity (Wildman–Crippen MR) is 74.4 cm³/mol. The second-order valence-corrected chi connectivity index (χ2v) is 4.01. The van der Waals surface area contributed by atoms with Gasteiger partial charge in [0, 0.05) is 41.0 Å². The molecular formula is C13H23N3O2. The number of hydrogen-bond acceptors (Lipinski definition) is 5. The summed E-state index contributed by atoms with van der Waals surface area (Å²) in [6.45, 7) is 3.26. The molecule has 0 radical (unpaired) electrons. The molecule has 0 atom stereocenters. The highest BCUT2D eigenvalue weighted by atomic mass is 16.5. The quantitative estimate of drug-likeness (QED) is 0.678. The summed E-state index contributed by atoms with van der Waals surface area (Å²) in [5.41, 5.74) is 2.12. The van der Waals surface area contributed by atoms with Gasteiger partial charge in [0.05, 0.1) is 30.4 Å². The van der Waals surface area contributed by atoms with E-state index in [9.17, 15) is 0 Å². The largest absolute Gasteiger partial charge is 0.387 e. The Morgan fingerprint density at radius 1 is 1.17 bits per heavy atom. The molecule has 0 aliphatic carbocycles. The first-order valence-corrected chi connectivity index (χ1v) is 6.17.